The Labute approximate surface area is 147 Å². The zero-order valence-electron chi connectivity index (χ0n) is 13.9. The summed E-state index contributed by atoms with van der Waals surface area (Å²) in [6, 6.07) is 4.66. The Morgan fingerprint density at radius 2 is 1.88 bits per heavy atom. The lowest BCUT2D eigenvalue weighted by molar-refractivity contribution is 0.374. The summed E-state index contributed by atoms with van der Waals surface area (Å²) in [6.45, 7) is 2.17. The number of aromatic nitrogens is 2. The molecule has 24 heavy (non-hydrogen) atoms. The fourth-order valence-corrected chi connectivity index (χ4v) is 3.42. The van der Waals surface area contributed by atoms with E-state index in [1.54, 1.807) is 6.07 Å². The Morgan fingerprint density at radius 1 is 1.17 bits per heavy atom. The zero-order valence-corrected chi connectivity index (χ0v) is 14.6. The van der Waals surface area contributed by atoms with Gasteiger partial charge in [-0.15, -0.1) is 0 Å². The third-order valence-electron chi connectivity index (χ3n) is 4.74. The van der Waals surface area contributed by atoms with Crippen LogP contribution in [0.4, 0.5) is 4.39 Å². The Kier molecular flexibility index (Phi) is 5.62. The van der Waals surface area contributed by atoms with Crippen LogP contribution in [0.1, 0.15) is 50.5 Å². The van der Waals surface area contributed by atoms with Gasteiger partial charge in [-0.3, -0.25) is 0 Å². The smallest absolute Gasteiger partial charge is 0.159 e. The largest absolute Gasteiger partial charge is 0.236 e. The van der Waals surface area contributed by atoms with Gasteiger partial charge in [0.2, 0.25) is 0 Å². The summed E-state index contributed by atoms with van der Waals surface area (Å²) >= 11 is 5.72. The fraction of sp³-hybridized carbons (Fsp3) is 0.400. The molecule has 126 valence electrons. The number of halogens is 2. The molecule has 1 saturated carbocycles. The molecular weight excluding hydrogens is 323 g/mol. The van der Waals surface area contributed by atoms with E-state index in [1.807, 2.05) is 12.4 Å². The lowest BCUT2D eigenvalue weighted by Gasteiger charge is -2.26. The maximum Gasteiger partial charge on any atom is 0.159 e. The molecule has 0 spiro atoms. The number of hydrogen-bond donors (Lipinski definition) is 0. The number of allylic oxidation sites excluding steroid dienone is 2. The van der Waals surface area contributed by atoms with Gasteiger partial charge in [0, 0.05) is 18.0 Å². The van der Waals surface area contributed by atoms with E-state index < -0.39 is 5.82 Å². The Hall–Kier alpha value is -1.74. The van der Waals surface area contributed by atoms with Crippen LogP contribution >= 0.6 is 11.6 Å². The highest BCUT2D eigenvalue weighted by atomic mass is 35.5. The predicted octanol–water partition coefficient (Wildman–Crippen LogP) is 6.18. The van der Waals surface area contributed by atoms with Crippen molar-refractivity contribution in [3.8, 4) is 11.4 Å². The molecule has 1 aromatic carbocycles. The van der Waals surface area contributed by atoms with Crippen molar-refractivity contribution in [3.05, 3.63) is 59.1 Å². The van der Waals surface area contributed by atoms with Gasteiger partial charge < -0.3 is 0 Å². The highest BCUT2D eigenvalue weighted by molar-refractivity contribution is 6.30. The van der Waals surface area contributed by atoms with Crippen molar-refractivity contribution in [1.29, 1.82) is 0 Å². The maximum absolute atomic E-state index is 13.6. The van der Waals surface area contributed by atoms with Crippen LogP contribution in [0.3, 0.4) is 0 Å². The second-order valence-corrected chi connectivity index (χ2v) is 6.82. The molecule has 1 aromatic heterocycles. The minimum Gasteiger partial charge on any atom is -0.236 e. The van der Waals surface area contributed by atoms with Gasteiger partial charge in [-0.2, -0.15) is 0 Å². The summed E-state index contributed by atoms with van der Waals surface area (Å²) in [5, 5.41) is 0.115. The van der Waals surface area contributed by atoms with E-state index in [0.717, 1.165) is 12.3 Å². The van der Waals surface area contributed by atoms with E-state index >= 15 is 0 Å². The third kappa shape index (κ3) is 4.02. The fourth-order valence-electron chi connectivity index (χ4n) is 3.31. The van der Waals surface area contributed by atoms with Gasteiger partial charge in [0.05, 0.1) is 5.02 Å². The lowest BCUT2D eigenvalue weighted by atomic mass is 9.79. The number of hydrogen-bond acceptors (Lipinski definition) is 2. The van der Waals surface area contributed by atoms with Crippen LogP contribution in [0.15, 0.2) is 42.7 Å². The number of benzene rings is 1. The number of rotatable bonds is 4. The molecule has 0 unspecified atom stereocenters. The first-order chi connectivity index (χ1) is 11.7. The molecule has 0 amide bonds. The highest BCUT2D eigenvalue weighted by Gasteiger charge is 2.21. The van der Waals surface area contributed by atoms with E-state index in [0.29, 0.717) is 17.3 Å². The van der Waals surface area contributed by atoms with Crippen LogP contribution in [0.5, 0.6) is 0 Å². The van der Waals surface area contributed by atoms with Gasteiger partial charge in [0.25, 0.3) is 0 Å². The second kappa shape index (κ2) is 7.89. The van der Waals surface area contributed by atoms with Crippen molar-refractivity contribution < 1.29 is 4.39 Å². The minimum absolute atomic E-state index is 0.115. The molecule has 3 rings (SSSR count). The van der Waals surface area contributed by atoms with Crippen molar-refractivity contribution >= 4 is 11.6 Å². The standard InChI is InChI=1S/C20H22ClFN2/c1-2-3-4-14-5-7-15(8-6-14)17-12-23-20(24-13-17)16-9-10-18(21)19(22)11-16/h3-4,9-15H,2,5-8H2,1H3/b4-3+/t14-,15-. The maximum atomic E-state index is 13.6. The minimum atomic E-state index is -0.444. The summed E-state index contributed by atoms with van der Waals surface area (Å²) in [5.74, 6) is 1.35. The molecule has 0 radical (unpaired) electrons. The van der Waals surface area contributed by atoms with Crippen molar-refractivity contribution in [2.45, 2.75) is 44.9 Å². The highest BCUT2D eigenvalue weighted by Crippen LogP contribution is 2.36. The van der Waals surface area contributed by atoms with Crippen LogP contribution in [-0.2, 0) is 0 Å². The predicted molar refractivity (Wildman–Crippen MR) is 96.6 cm³/mol. The second-order valence-electron chi connectivity index (χ2n) is 6.42. The van der Waals surface area contributed by atoms with Gasteiger partial charge in [0.1, 0.15) is 5.82 Å². The molecule has 2 nitrogen and oxygen atoms in total. The Balaban J connectivity index is 1.67. The van der Waals surface area contributed by atoms with Crippen molar-refractivity contribution in [2.24, 2.45) is 5.92 Å². The summed E-state index contributed by atoms with van der Waals surface area (Å²) in [5.41, 5.74) is 1.84. The van der Waals surface area contributed by atoms with Crippen molar-refractivity contribution in [2.75, 3.05) is 0 Å². The van der Waals surface area contributed by atoms with Crippen LogP contribution in [0.2, 0.25) is 5.02 Å². The van der Waals surface area contributed by atoms with Crippen LogP contribution in [0, 0.1) is 11.7 Å². The van der Waals surface area contributed by atoms with Gasteiger partial charge in [-0.1, -0.05) is 30.7 Å². The SMILES string of the molecule is CC/C=C/[C@H]1CC[C@H](c2cnc(-c3ccc(Cl)c(F)c3)nc2)CC1. The molecule has 1 heterocycles. The molecule has 1 aliphatic carbocycles. The van der Waals surface area contributed by atoms with Gasteiger partial charge in [-0.05, 0) is 67.7 Å². The first-order valence-electron chi connectivity index (χ1n) is 8.61. The first kappa shape index (κ1) is 17.1. The summed E-state index contributed by atoms with van der Waals surface area (Å²) in [4.78, 5) is 8.86. The molecule has 0 bridgehead atoms. The average molecular weight is 345 g/mol. The van der Waals surface area contributed by atoms with E-state index in [2.05, 4.69) is 29.0 Å². The van der Waals surface area contributed by atoms with E-state index in [1.165, 1.54) is 43.4 Å². The number of nitrogens with zero attached hydrogens (tertiary/aromatic N) is 2. The molecule has 0 atom stereocenters. The van der Waals surface area contributed by atoms with Crippen molar-refractivity contribution in [3.63, 3.8) is 0 Å². The van der Waals surface area contributed by atoms with E-state index in [9.17, 15) is 4.39 Å². The molecular formula is C20H22ClFN2. The monoisotopic (exact) mass is 344 g/mol. The Morgan fingerprint density at radius 3 is 2.50 bits per heavy atom. The van der Waals surface area contributed by atoms with Gasteiger partial charge in [-0.25, -0.2) is 14.4 Å². The molecule has 0 N–H and O–H groups in total. The molecule has 2 aromatic rings. The summed E-state index contributed by atoms with van der Waals surface area (Å²) < 4.78 is 13.6. The van der Waals surface area contributed by atoms with Crippen LogP contribution in [0.25, 0.3) is 11.4 Å². The van der Waals surface area contributed by atoms with E-state index in [4.69, 9.17) is 11.6 Å². The molecule has 0 aliphatic heterocycles. The average Bonchev–Trinajstić information content (AvgIpc) is 2.63. The quantitative estimate of drug-likeness (QED) is 0.619. The summed E-state index contributed by atoms with van der Waals surface area (Å²) in [7, 11) is 0. The molecule has 0 saturated heterocycles. The molecule has 1 aliphatic rings. The zero-order chi connectivity index (χ0) is 16.9. The van der Waals surface area contributed by atoms with Crippen molar-refractivity contribution in [1.82, 2.24) is 9.97 Å². The third-order valence-corrected chi connectivity index (χ3v) is 5.04. The first-order valence-corrected chi connectivity index (χ1v) is 8.99. The van der Waals surface area contributed by atoms with E-state index in [-0.39, 0.29) is 5.02 Å². The normalized spacial score (nSPS) is 21.3. The van der Waals surface area contributed by atoms with Gasteiger partial charge >= 0.3 is 0 Å². The molecule has 1 fully saturated rings. The Bertz CT molecular complexity index is 704. The van der Waals surface area contributed by atoms with Crippen LogP contribution < -0.4 is 0 Å². The topological polar surface area (TPSA) is 25.8 Å². The van der Waals surface area contributed by atoms with Gasteiger partial charge in [0.15, 0.2) is 5.82 Å². The molecule has 4 heteroatoms. The lowest BCUT2D eigenvalue weighted by Crippen LogP contribution is -2.12. The van der Waals surface area contributed by atoms with Crippen LogP contribution in [-0.4, -0.2) is 9.97 Å². The summed E-state index contributed by atoms with van der Waals surface area (Å²) in [6.07, 6.45) is 14.3.